The van der Waals surface area contributed by atoms with Gasteiger partial charge in [-0.2, -0.15) is 0 Å². The lowest BCUT2D eigenvalue weighted by Crippen LogP contribution is -2.26. The van der Waals surface area contributed by atoms with Crippen molar-refractivity contribution in [3.8, 4) is 5.75 Å². The van der Waals surface area contributed by atoms with Gasteiger partial charge in [0.2, 0.25) is 0 Å². The topological polar surface area (TPSA) is 50.7 Å². The first-order valence-corrected chi connectivity index (χ1v) is 7.64. The normalized spacial score (nSPS) is 13.0. The zero-order valence-electron chi connectivity index (χ0n) is 13.8. The third-order valence-electron chi connectivity index (χ3n) is 2.97. The molecule has 0 spiro atoms. The second-order valence-corrected chi connectivity index (χ2v) is 5.99. The van der Waals surface area contributed by atoms with Crippen molar-refractivity contribution in [2.24, 2.45) is 0 Å². The molecule has 0 heterocycles. The van der Waals surface area contributed by atoms with Gasteiger partial charge in [0, 0.05) is 18.2 Å². The van der Waals surface area contributed by atoms with E-state index in [0.717, 1.165) is 17.9 Å². The molecule has 1 rings (SSSR count). The fraction of sp³-hybridized carbons (Fsp3) is 0.647. The molecule has 120 valence electrons. The summed E-state index contributed by atoms with van der Waals surface area (Å²) in [5.41, 5.74) is 2.31. The lowest BCUT2D eigenvalue weighted by molar-refractivity contribution is -0.0124. The Hall–Kier alpha value is -1.10. The molecule has 0 amide bonds. The number of aryl methyl sites for hydroxylation is 1. The van der Waals surface area contributed by atoms with Gasteiger partial charge >= 0.3 is 0 Å². The first-order chi connectivity index (χ1) is 9.88. The minimum Gasteiger partial charge on any atom is -0.490 e. The fourth-order valence-corrected chi connectivity index (χ4v) is 1.84. The Balaban J connectivity index is 2.56. The molecular formula is C17H29NO3. The lowest BCUT2D eigenvalue weighted by atomic mass is 10.1. The number of aliphatic hydroxyl groups excluding tert-OH is 1. The average Bonchev–Trinajstić information content (AvgIpc) is 2.41. The van der Waals surface area contributed by atoms with E-state index >= 15 is 0 Å². The third kappa shape index (κ3) is 7.46. The van der Waals surface area contributed by atoms with Crippen LogP contribution in [0.3, 0.4) is 0 Å². The standard InChI is InChI=1S/C17H29NO3/c1-12(2)18-9-15-8-14(5)6-7-17(15)21-11-16(19)10-20-13(3)4/h6-8,12-13,16,18-19H,9-11H2,1-5H3. The molecule has 0 bridgehead atoms. The second-order valence-electron chi connectivity index (χ2n) is 5.99. The van der Waals surface area contributed by atoms with Crippen LogP contribution in [0.1, 0.15) is 38.8 Å². The number of rotatable bonds is 9. The highest BCUT2D eigenvalue weighted by atomic mass is 16.5. The Labute approximate surface area is 128 Å². The summed E-state index contributed by atoms with van der Waals surface area (Å²) in [4.78, 5) is 0. The monoisotopic (exact) mass is 295 g/mol. The second kappa shape index (κ2) is 9.03. The first-order valence-electron chi connectivity index (χ1n) is 7.64. The van der Waals surface area contributed by atoms with Crippen LogP contribution in [-0.4, -0.2) is 36.6 Å². The van der Waals surface area contributed by atoms with Crippen molar-refractivity contribution >= 4 is 0 Å². The number of benzene rings is 1. The summed E-state index contributed by atoms with van der Waals surface area (Å²) in [5, 5.41) is 13.2. The van der Waals surface area contributed by atoms with E-state index in [1.807, 2.05) is 26.0 Å². The molecule has 0 aliphatic carbocycles. The smallest absolute Gasteiger partial charge is 0.123 e. The van der Waals surface area contributed by atoms with Gasteiger partial charge in [0.1, 0.15) is 18.5 Å². The SMILES string of the molecule is Cc1ccc(OCC(O)COC(C)C)c(CNC(C)C)c1. The number of ether oxygens (including phenoxy) is 2. The summed E-state index contributed by atoms with van der Waals surface area (Å²) in [6.07, 6.45) is -0.496. The predicted molar refractivity (Wildman–Crippen MR) is 85.7 cm³/mol. The van der Waals surface area contributed by atoms with Gasteiger partial charge in [-0.15, -0.1) is 0 Å². The maximum Gasteiger partial charge on any atom is 0.123 e. The van der Waals surface area contributed by atoms with Gasteiger partial charge in [0.25, 0.3) is 0 Å². The van der Waals surface area contributed by atoms with Gasteiger partial charge < -0.3 is 19.9 Å². The Morgan fingerprint density at radius 2 is 1.86 bits per heavy atom. The van der Waals surface area contributed by atoms with E-state index in [2.05, 4.69) is 32.2 Å². The maximum absolute atomic E-state index is 9.86. The fourth-order valence-electron chi connectivity index (χ4n) is 1.84. The zero-order valence-corrected chi connectivity index (χ0v) is 13.8. The van der Waals surface area contributed by atoms with Crippen molar-refractivity contribution in [1.82, 2.24) is 5.32 Å². The van der Waals surface area contributed by atoms with E-state index in [0.29, 0.717) is 12.6 Å². The van der Waals surface area contributed by atoms with Crippen LogP contribution in [0.2, 0.25) is 0 Å². The highest BCUT2D eigenvalue weighted by Crippen LogP contribution is 2.20. The Bertz CT molecular complexity index is 418. The minimum absolute atomic E-state index is 0.116. The molecule has 4 nitrogen and oxygen atoms in total. The van der Waals surface area contributed by atoms with Crippen molar-refractivity contribution in [3.05, 3.63) is 29.3 Å². The quantitative estimate of drug-likeness (QED) is 0.735. The molecule has 0 radical (unpaired) electrons. The first kappa shape index (κ1) is 18.0. The van der Waals surface area contributed by atoms with Crippen molar-refractivity contribution in [2.75, 3.05) is 13.2 Å². The van der Waals surface area contributed by atoms with Crippen LogP contribution in [-0.2, 0) is 11.3 Å². The molecule has 0 aliphatic heterocycles. The van der Waals surface area contributed by atoms with Crippen LogP contribution in [0.25, 0.3) is 0 Å². The van der Waals surface area contributed by atoms with E-state index in [-0.39, 0.29) is 12.7 Å². The minimum atomic E-state index is -0.611. The van der Waals surface area contributed by atoms with Crippen LogP contribution in [0.15, 0.2) is 18.2 Å². The molecule has 1 aromatic rings. The van der Waals surface area contributed by atoms with Crippen LogP contribution < -0.4 is 10.1 Å². The molecule has 4 heteroatoms. The van der Waals surface area contributed by atoms with E-state index in [4.69, 9.17) is 9.47 Å². The largest absolute Gasteiger partial charge is 0.490 e. The number of nitrogens with one attached hydrogen (secondary N) is 1. The molecule has 0 aliphatic rings. The summed E-state index contributed by atoms with van der Waals surface area (Å²) in [7, 11) is 0. The van der Waals surface area contributed by atoms with E-state index in [1.165, 1.54) is 5.56 Å². The van der Waals surface area contributed by atoms with Gasteiger partial charge in [0.05, 0.1) is 12.7 Å². The summed E-state index contributed by atoms with van der Waals surface area (Å²) in [5.74, 6) is 0.817. The van der Waals surface area contributed by atoms with Gasteiger partial charge in [-0.25, -0.2) is 0 Å². The van der Waals surface area contributed by atoms with Crippen LogP contribution >= 0.6 is 0 Å². The zero-order chi connectivity index (χ0) is 15.8. The van der Waals surface area contributed by atoms with E-state index in [9.17, 15) is 5.11 Å². The van der Waals surface area contributed by atoms with E-state index < -0.39 is 6.10 Å². The van der Waals surface area contributed by atoms with Crippen molar-refractivity contribution in [3.63, 3.8) is 0 Å². The Morgan fingerprint density at radius 3 is 2.48 bits per heavy atom. The Kier molecular flexibility index (Phi) is 7.72. The molecule has 1 unspecified atom stereocenters. The summed E-state index contributed by atoms with van der Waals surface area (Å²) < 4.78 is 11.1. The van der Waals surface area contributed by atoms with E-state index in [1.54, 1.807) is 0 Å². The average molecular weight is 295 g/mol. The number of hydrogen-bond acceptors (Lipinski definition) is 4. The van der Waals surface area contributed by atoms with Gasteiger partial charge in [-0.05, 0) is 26.8 Å². The van der Waals surface area contributed by atoms with Gasteiger partial charge in [-0.1, -0.05) is 31.5 Å². The van der Waals surface area contributed by atoms with Crippen molar-refractivity contribution in [2.45, 2.75) is 59.4 Å². The summed E-state index contributed by atoms with van der Waals surface area (Å²) in [6.45, 7) is 11.5. The molecule has 21 heavy (non-hydrogen) atoms. The highest BCUT2D eigenvalue weighted by Gasteiger charge is 2.10. The molecule has 0 saturated heterocycles. The highest BCUT2D eigenvalue weighted by molar-refractivity contribution is 5.36. The molecular weight excluding hydrogens is 266 g/mol. The molecule has 0 saturated carbocycles. The number of aliphatic hydroxyl groups is 1. The van der Waals surface area contributed by atoms with Crippen molar-refractivity contribution in [1.29, 1.82) is 0 Å². The summed E-state index contributed by atoms with van der Waals surface area (Å²) in [6, 6.07) is 6.51. The maximum atomic E-state index is 9.86. The van der Waals surface area contributed by atoms with Crippen LogP contribution in [0, 0.1) is 6.92 Å². The van der Waals surface area contributed by atoms with Gasteiger partial charge in [-0.3, -0.25) is 0 Å². The summed E-state index contributed by atoms with van der Waals surface area (Å²) >= 11 is 0. The van der Waals surface area contributed by atoms with Crippen LogP contribution in [0.4, 0.5) is 0 Å². The Morgan fingerprint density at radius 1 is 1.14 bits per heavy atom. The van der Waals surface area contributed by atoms with Crippen LogP contribution in [0.5, 0.6) is 5.75 Å². The third-order valence-corrected chi connectivity index (χ3v) is 2.97. The molecule has 0 fully saturated rings. The predicted octanol–water partition coefficient (Wildman–Crippen LogP) is 2.66. The molecule has 0 aromatic heterocycles. The lowest BCUT2D eigenvalue weighted by Gasteiger charge is -2.17. The van der Waals surface area contributed by atoms with Crippen molar-refractivity contribution < 1.29 is 14.6 Å². The van der Waals surface area contributed by atoms with Gasteiger partial charge in [0.15, 0.2) is 0 Å². The molecule has 1 aromatic carbocycles. The molecule has 2 N–H and O–H groups in total. The molecule has 1 atom stereocenters. The number of hydrogen-bond donors (Lipinski definition) is 2.